The Labute approximate surface area is 208 Å². The lowest BCUT2D eigenvalue weighted by Crippen LogP contribution is -2.34. The van der Waals surface area contributed by atoms with E-state index in [2.05, 4.69) is 69.6 Å². The van der Waals surface area contributed by atoms with Crippen LogP contribution in [0.15, 0.2) is 85.2 Å². The van der Waals surface area contributed by atoms with Crippen molar-refractivity contribution in [1.29, 1.82) is 0 Å². The normalized spacial score (nSPS) is 14.9. The van der Waals surface area contributed by atoms with Gasteiger partial charge in [0.2, 0.25) is 5.91 Å². The van der Waals surface area contributed by atoms with E-state index in [1.165, 1.54) is 42.2 Å². The summed E-state index contributed by atoms with van der Waals surface area (Å²) in [5.74, 6) is 0.894. The first-order valence-electron chi connectivity index (χ1n) is 13.1. The van der Waals surface area contributed by atoms with Gasteiger partial charge in [0.05, 0.1) is 0 Å². The van der Waals surface area contributed by atoms with Gasteiger partial charge < -0.3 is 9.88 Å². The van der Waals surface area contributed by atoms with Gasteiger partial charge in [-0.25, -0.2) is 4.98 Å². The predicted octanol–water partition coefficient (Wildman–Crippen LogP) is 7.00. The number of unbranched alkanes of at least 4 members (excludes halogenated alkanes) is 1. The van der Waals surface area contributed by atoms with Crippen molar-refractivity contribution in [3.8, 4) is 11.1 Å². The fourth-order valence-electron chi connectivity index (χ4n) is 5.64. The molecule has 1 saturated carbocycles. The molecule has 1 fully saturated rings. The van der Waals surface area contributed by atoms with Gasteiger partial charge in [0.1, 0.15) is 5.65 Å². The summed E-state index contributed by atoms with van der Waals surface area (Å²) in [4.78, 5) is 17.9. The van der Waals surface area contributed by atoms with Gasteiger partial charge in [-0.05, 0) is 54.9 Å². The Balaban J connectivity index is 1.22. The Morgan fingerprint density at radius 3 is 2.46 bits per heavy atom. The number of hydrogen-bond donors (Lipinski definition) is 1. The number of carbonyl (C=O) groups is 1. The summed E-state index contributed by atoms with van der Waals surface area (Å²) in [6, 6.07) is 24.9. The SMILES string of the molecule is O=C(NCc1ccccc1)C(CCCCn1cc(-c2ccccc2)c2cccnc21)C1CCCC1. The lowest BCUT2D eigenvalue weighted by molar-refractivity contribution is -0.127. The average molecular weight is 466 g/mol. The summed E-state index contributed by atoms with van der Waals surface area (Å²) in [7, 11) is 0. The summed E-state index contributed by atoms with van der Waals surface area (Å²) in [5, 5.41) is 4.42. The second kappa shape index (κ2) is 11.4. The molecule has 0 radical (unpaired) electrons. The largest absolute Gasteiger partial charge is 0.352 e. The molecule has 1 atom stereocenters. The maximum Gasteiger partial charge on any atom is 0.223 e. The molecule has 1 aliphatic carbocycles. The van der Waals surface area contributed by atoms with E-state index in [1.54, 1.807) is 0 Å². The van der Waals surface area contributed by atoms with E-state index in [1.807, 2.05) is 30.5 Å². The smallest absolute Gasteiger partial charge is 0.223 e. The Hall–Kier alpha value is -3.40. The summed E-state index contributed by atoms with van der Waals surface area (Å²) >= 11 is 0. The van der Waals surface area contributed by atoms with Crippen LogP contribution in [0, 0.1) is 11.8 Å². The number of pyridine rings is 1. The van der Waals surface area contributed by atoms with Gasteiger partial charge in [0.25, 0.3) is 0 Å². The van der Waals surface area contributed by atoms with Crippen molar-refractivity contribution < 1.29 is 4.79 Å². The Morgan fingerprint density at radius 1 is 0.943 bits per heavy atom. The van der Waals surface area contributed by atoms with Crippen molar-refractivity contribution in [2.45, 2.75) is 58.0 Å². The zero-order valence-corrected chi connectivity index (χ0v) is 20.4. The van der Waals surface area contributed by atoms with Gasteiger partial charge in [-0.2, -0.15) is 0 Å². The molecule has 0 saturated heterocycles. The van der Waals surface area contributed by atoms with Gasteiger partial charge in [-0.15, -0.1) is 0 Å². The number of amides is 1. The second-order valence-electron chi connectivity index (χ2n) is 9.83. The highest BCUT2D eigenvalue weighted by molar-refractivity contribution is 5.94. The molecule has 1 amide bonds. The van der Waals surface area contributed by atoms with E-state index in [-0.39, 0.29) is 11.8 Å². The molecule has 2 aromatic heterocycles. The zero-order chi connectivity index (χ0) is 23.9. The molecule has 4 nitrogen and oxygen atoms in total. The highest BCUT2D eigenvalue weighted by Crippen LogP contribution is 2.35. The average Bonchev–Trinajstić information content (AvgIpc) is 3.57. The van der Waals surface area contributed by atoms with Crippen LogP contribution in [0.4, 0.5) is 0 Å². The molecule has 180 valence electrons. The number of benzene rings is 2. The van der Waals surface area contributed by atoms with Gasteiger partial charge in [-0.1, -0.05) is 79.9 Å². The number of nitrogens with zero attached hydrogens (tertiary/aromatic N) is 2. The molecule has 1 N–H and O–H groups in total. The van der Waals surface area contributed by atoms with E-state index in [9.17, 15) is 4.79 Å². The highest BCUT2D eigenvalue weighted by Gasteiger charge is 2.30. The molecule has 2 heterocycles. The van der Waals surface area contributed by atoms with E-state index in [0.717, 1.165) is 37.0 Å². The molecule has 4 heteroatoms. The van der Waals surface area contributed by atoms with Crippen LogP contribution >= 0.6 is 0 Å². The fourth-order valence-corrected chi connectivity index (χ4v) is 5.64. The minimum Gasteiger partial charge on any atom is -0.352 e. The molecule has 0 bridgehead atoms. The number of fused-ring (bicyclic) bond motifs is 1. The zero-order valence-electron chi connectivity index (χ0n) is 20.4. The van der Waals surface area contributed by atoms with Crippen LogP contribution < -0.4 is 5.32 Å². The summed E-state index contributed by atoms with van der Waals surface area (Å²) in [6.45, 7) is 1.54. The Bertz CT molecular complexity index is 1230. The molecule has 1 aliphatic rings. The third-order valence-electron chi connectivity index (χ3n) is 7.50. The standard InChI is InChI=1S/C31H35N3O/c35-31(33-22-24-12-3-1-4-13-24)27(25-16-7-8-17-25)18-9-10-21-34-23-29(26-14-5-2-6-15-26)28-19-11-20-32-30(28)34/h1-6,11-15,19-20,23,25,27H,7-10,16-18,21-22H2,(H,33,35). The van der Waals surface area contributed by atoms with Gasteiger partial charge >= 0.3 is 0 Å². The number of hydrogen-bond acceptors (Lipinski definition) is 2. The minimum atomic E-state index is 0.126. The first-order chi connectivity index (χ1) is 17.3. The lowest BCUT2D eigenvalue weighted by atomic mass is 9.86. The number of aryl methyl sites for hydroxylation is 1. The van der Waals surface area contributed by atoms with Gasteiger partial charge in [0, 0.05) is 42.4 Å². The van der Waals surface area contributed by atoms with Gasteiger partial charge in [-0.3, -0.25) is 4.79 Å². The van der Waals surface area contributed by atoms with Crippen molar-refractivity contribution in [2.24, 2.45) is 11.8 Å². The molecule has 0 aliphatic heterocycles. The van der Waals surface area contributed by atoms with Crippen LogP contribution in [0.2, 0.25) is 0 Å². The second-order valence-corrected chi connectivity index (χ2v) is 9.83. The van der Waals surface area contributed by atoms with E-state index in [0.29, 0.717) is 12.5 Å². The number of rotatable bonds is 10. The van der Waals surface area contributed by atoms with Crippen LogP contribution in [0.3, 0.4) is 0 Å². The van der Waals surface area contributed by atoms with Crippen molar-refractivity contribution in [1.82, 2.24) is 14.9 Å². The molecule has 4 aromatic rings. The molecule has 0 spiro atoms. The monoisotopic (exact) mass is 465 g/mol. The van der Waals surface area contributed by atoms with Crippen LogP contribution in [-0.2, 0) is 17.9 Å². The summed E-state index contributed by atoms with van der Waals surface area (Å²) in [5.41, 5.74) is 4.66. The van der Waals surface area contributed by atoms with Crippen LogP contribution in [0.25, 0.3) is 22.2 Å². The Kier molecular flexibility index (Phi) is 7.57. The topological polar surface area (TPSA) is 46.9 Å². The van der Waals surface area contributed by atoms with E-state index < -0.39 is 0 Å². The van der Waals surface area contributed by atoms with Gasteiger partial charge in [0.15, 0.2) is 0 Å². The van der Waals surface area contributed by atoms with Crippen molar-refractivity contribution in [3.63, 3.8) is 0 Å². The maximum absolute atomic E-state index is 13.2. The van der Waals surface area contributed by atoms with E-state index >= 15 is 0 Å². The molecular weight excluding hydrogens is 430 g/mol. The molecule has 2 aromatic carbocycles. The van der Waals surface area contributed by atoms with Crippen molar-refractivity contribution >= 4 is 16.9 Å². The quantitative estimate of drug-likeness (QED) is 0.256. The fraction of sp³-hybridized carbons (Fsp3) is 0.355. The number of carbonyl (C=O) groups excluding carboxylic acids is 1. The first-order valence-corrected chi connectivity index (χ1v) is 13.1. The van der Waals surface area contributed by atoms with E-state index in [4.69, 9.17) is 0 Å². The highest BCUT2D eigenvalue weighted by atomic mass is 16.1. The first kappa shape index (κ1) is 23.3. The summed E-state index contributed by atoms with van der Waals surface area (Å²) in [6.07, 6.45) is 12.1. The molecular formula is C31H35N3O. The number of nitrogens with one attached hydrogen (secondary N) is 1. The molecule has 35 heavy (non-hydrogen) atoms. The lowest BCUT2D eigenvalue weighted by Gasteiger charge is -2.23. The maximum atomic E-state index is 13.2. The molecule has 5 rings (SSSR count). The van der Waals surface area contributed by atoms with Crippen molar-refractivity contribution in [3.05, 3.63) is 90.8 Å². The van der Waals surface area contributed by atoms with Crippen LogP contribution in [0.5, 0.6) is 0 Å². The molecule has 1 unspecified atom stereocenters. The summed E-state index contributed by atoms with van der Waals surface area (Å²) < 4.78 is 2.29. The minimum absolute atomic E-state index is 0.126. The number of aromatic nitrogens is 2. The van der Waals surface area contributed by atoms with Crippen LogP contribution in [-0.4, -0.2) is 15.5 Å². The predicted molar refractivity (Wildman–Crippen MR) is 143 cm³/mol. The van der Waals surface area contributed by atoms with Crippen LogP contribution in [0.1, 0.15) is 50.5 Å². The third-order valence-corrected chi connectivity index (χ3v) is 7.50. The Morgan fingerprint density at radius 2 is 1.69 bits per heavy atom. The van der Waals surface area contributed by atoms with Crippen molar-refractivity contribution in [2.75, 3.05) is 0 Å². The third kappa shape index (κ3) is 5.64.